The van der Waals surface area contributed by atoms with Gasteiger partial charge < -0.3 is 14.2 Å². The minimum atomic E-state index is -0.524. The Morgan fingerprint density at radius 2 is 1.96 bits per heavy atom. The van der Waals surface area contributed by atoms with Gasteiger partial charge in [0.2, 0.25) is 0 Å². The number of ketones is 1. The zero-order valence-corrected chi connectivity index (χ0v) is 15.1. The highest BCUT2D eigenvalue weighted by Gasteiger charge is 2.68. The molecule has 4 rings (SSSR count). The van der Waals surface area contributed by atoms with Crippen molar-refractivity contribution in [2.75, 3.05) is 13.7 Å². The molecule has 0 N–H and O–H groups in total. The molecule has 0 amide bonds. The summed E-state index contributed by atoms with van der Waals surface area (Å²) in [7, 11) is 1.55. The summed E-state index contributed by atoms with van der Waals surface area (Å²) in [6.07, 6.45) is 0.649. The van der Waals surface area contributed by atoms with E-state index in [1.165, 1.54) is 0 Å². The van der Waals surface area contributed by atoms with Crippen LogP contribution in [0.3, 0.4) is 0 Å². The molecule has 3 aliphatic rings. The first-order valence-corrected chi connectivity index (χ1v) is 9.11. The van der Waals surface area contributed by atoms with Crippen LogP contribution >= 0.6 is 15.9 Å². The summed E-state index contributed by atoms with van der Waals surface area (Å²) in [4.78, 5) is 36.7. The van der Waals surface area contributed by atoms with Gasteiger partial charge in [0.05, 0.1) is 23.8 Å². The molecule has 6 nitrogen and oxygen atoms in total. The highest BCUT2D eigenvalue weighted by atomic mass is 79.9. The second kappa shape index (κ2) is 6.12. The number of alkyl halides is 1. The van der Waals surface area contributed by atoms with Gasteiger partial charge in [-0.15, -0.1) is 0 Å². The summed E-state index contributed by atoms with van der Waals surface area (Å²) in [5, 5.41) is 0. The first-order chi connectivity index (χ1) is 12.0. The van der Waals surface area contributed by atoms with E-state index in [1.54, 1.807) is 31.4 Å². The summed E-state index contributed by atoms with van der Waals surface area (Å²) in [5.74, 6) is -1.29. The zero-order chi connectivity index (χ0) is 17.7. The van der Waals surface area contributed by atoms with Gasteiger partial charge in [-0.1, -0.05) is 15.9 Å². The maximum absolute atomic E-state index is 12.5. The molecular formula is C18H17BrO6. The quantitative estimate of drug-likeness (QED) is 0.421. The fourth-order valence-corrected chi connectivity index (χ4v) is 5.43. The fourth-order valence-electron chi connectivity index (χ4n) is 4.39. The van der Waals surface area contributed by atoms with Crippen molar-refractivity contribution in [1.29, 1.82) is 0 Å². The van der Waals surface area contributed by atoms with Crippen LogP contribution in [0, 0.1) is 23.7 Å². The van der Waals surface area contributed by atoms with Crippen LogP contribution in [-0.2, 0) is 19.1 Å². The predicted octanol–water partition coefficient (Wildman–Crippen LogP) is 1.99. The van der Waals surface area contributed by atoms with Gasteiger partial charge in [0.15, 0.2) is 12.4 Å². The number of Topliss-reactive ketones (excluding diaryl/α,β-unsaturated/α-hetero) is 1. The van der Waals surface area contributed by atoms with Gasteiger partial charge >= 0.3 is 11.9 Å². The van der Waals surface area contributed by atoms with E-state index in [-0.39, 0.29) is 41.1 Å². The number of hydrogen-bond acceptors (Lipinski definition) is 6. The van der Waals surface area contributed by atoms with Gasteiger partial charge in [0.25, 0.3) is 0 Å². The van der Waals surface area contributed by atoms with E-state index in [2.05, 4.69) is 15.9 Å². The van der Waals surface area contributed by atoms with E-state index in [4.69, 9.17) is 14.2 Å². The Bertz CT molecular complexity index is 730. The lowest BCUT2D eigenvalue weighted by molar-refractivity contribution is -0.154. The second-order valence-corrected chi connectivity index (χ2v) is 7.78. The molecule has 132 valence electrons. The number of benzene rings is 1. The minimum Gasteiger partial charge on any atom is -0.497 e. The first-order valence-electron chi connectivity index (χ1n) is 8.19. The molecule has 7 heteroatoms. The lowest BCUT2D eigenvalue weighted by atomic mass is 9.80. The number of hydrogen-bond donors (Lipinski definition) is 0. The number of methoxy groups -OCH3 is 1. The zero-order valence-electron chi connectivity index (χ0n) is 13.5. The summed E-state index contributed by atoms with van der Waals surface area (Å²) in [6, 6.07) is 6.60. The molecule has 6 atom stereocenters. The topological polar surface area (TPSA) is 78.9 Å². The van der Waals surface area contributed by atoms with Crippen molar-refractivity contribution >= 4 is 33.7 Å². The molecule has 0 unspecified atom stereocenters. The second-order valence-electron chi connectivity index (χ2n) is 6.72. The fraction of sp³-hybridized carbons (Fsp3) is 0.500. The number of fused-ring (bicyclic) bond motifs is 1. The van der Waals surface area contributed by atoms with E-state index < -0.39 is 17.8 Å². The Hall–Kier alpha value is -1.89. The molecule has 2 bridgehead atoms. The van der Waals surface area contributed by atoms with Crippen molar-refractivity contribution in [3.05, 3.63) is 29.8 Å². The highest BCUT2D eigenvalue weighted by Crippen LogP contribution is 2.60. The smallest absolute Gasteiger partial charge is 0.310 e. The lowest BCUT2D eigenvalue weighted by Gasteiger charge is -2.26. The Morgan fingerprint density at radius 3 is 2.64 bits per heavy atom. The number of carbonyl (C=O) groups is 3. The minimum absolute atomic E-state index is 0.0185. The Balaban J connectivity index is 1.41. The third kappa shape index (κ3) is 2.56. The lowest BCUT2D eigenvalue weighted by Crippen LogP contribution is -2.39. The third-order valence-corrected chi connectivity index (χ3v) is 6.75. The summed E-state index contributed by atoms with van der Waals surface area (Å²) < 4.78 is 15.7. The van der Waals surface area contributed by atoms with Gasteiger partial charge in [0, 0.05) is 11.5 Å². The molecule has 0 radical (unpaired) electrons. The Kier molecular flexibility index (Phi) is 4.06. The van der Waals surface area contributed by atoms with Gasteiger partial charge in [-0.25, -0.2) is 0 Å². The molecule has 0 spiro atoms. The molecule has 1 aromatic carbocycles. The average molecular weight is 409 g/mol. The maximum atomic E-state index is 12.5. The van der Waals surface area contributed by atoms with E-state index in [0.717, 1.165) is 6.42 Å². The summed E-state index contributed by atoms with van der Waals surface area (Å²) in [6.45, 7) is -0.336. The van der Waals surface area contributed by atoms with Crippen molar-refractivity contribution in [2.24, 2.45) is 23.7 Å². The Morgan fingerprint density at radius 1 is 1.24 bits per heavy atom. The standard InChI is InChI=1S/C18H17BrO6/c1-23-9-4-2-8(3-5-9)12(20)7-24-17(21)13-10-6-11-14(13)18(22)25-16(11)15(10)19/h2-5,10-11,13-16H,6-7H2,1H3/t10-,11-,13-,14+,15-,16+/m1/s1. The molecule has 1 heterocycles. The monoisotopic (exact) mass is 408 g/mol. The molecular weight excluding hydrogens is 392 g/mol. The summed E-state index contributed by atoms with van der Waals surface area (Å²) >= 11 is 3.55. The van der Waals surface area contributed by atoms with Crippen LogP contribution in [0.25, 0.3) is 0 Å². The first kappa shape index (κ1) is 16.6. The van der Waals surface area contributed by atoms with Crippen LogP contribution in [0.1, 0.15) is 16.8 Å². The number of carbonyl (C=O) groups excluding carboxylic acids is 3. The van der Waals surface area contributed by atoms with Crippen LogP contribution in [0.2, 0.25) is 0 Å². The third-order valence-electron chi connectivity index (χ3n) is 5.55. The Labute approximate surface area is 152 Å². The van der Waals surface area contributed by atoms with E-state index in [0.29, 0.717) is 11.3 Å². The molecule has 1 aromatic rings. The van der Waals surface area contributed by atoms with E-state index in [9.17, 15) is 14.4 Å². The number of esters is 2. The van der Waals surface area contributed by atoms with Gasteiger partial charge in [-0.2, -0.15) is 0 Å². The van der Waals surface area contributed by atoms with Crippen molar-refractivity contribution in [3.63, 3.8) is 0 Å². The molecule has 1 saturated heterocycles. The van der Waals surface area contributed by atoms with Crippen molar-refractivity contribution in [3.8, 4) is 5.75 Å². The average Bonchev–Trinajstić information content (AvgIpc) is 3.23. The molecule has 25 heavy (non-hydrogen) atoms. The van der Waals surface area contributed by atoms with Crippen molar-refractivity contribution < 1.29 is 28.6 Å². The highest BCUT2D eigenvalue weighted by molar-refractivity contribution is 9.09. The van der Waals surface area contributed by atoms with Gasteiger partial charge in [-0.3, -0.25) is 14.4 Å². The van der Waals surface area contributed by atoms with Crippen LogP contribution < -0.4 is 4.74 Å². The number of rotatable bonds is 5. The molecule has 2 aliphatic carbocycles. The molecule has 0 aromatic heterocycles. The van der Waals surface area contributed by atoms with Gasteiger partial charge in [-0.05, 0) is 36.6 Å². The van der Waals surface area contributed by atoms with Crippen molar-refractivity contribution in [2.45, 2.75) is 17.4 Å². The van der Waals surface area contributed by atoms with Gasteiger partial charge in [0.1, 0.15) is 11.9 Å². The predicted molar refractivity (Wildman–Crippen MR) is 89.5 cm³/mol. The summed E-state index contributed by atoms with van der Waals surface area (Å²) in [5.41, 5.74) is 0.445. The van der Waals surface area contributed by atoms with Crippen LogP contribution in [0.4, 0.5) is 0 Å². The van der Waals surface area contributed by atoms with Crippen molar-refractivity contribution in [1.82, 2.24) is 0 Å². The maximum Gasteiger partial charge on any atom is 0.310 e. The number of halogens is 1. The normalized spacial score (nSPS) is 34.7. The van der Waals surface area contributed by atoms with E-state index >= 15 is 0 Å². The number of ether oxygens (including phenoxy) is 3. The van der Waals surface area contributed by atoms with Crippen LogP contribution in [0.5, 0.6) is 5.75 Å². The van der Waals surface area contributed by atoms with Crippen LogP contribution in [-0.4, -0.2) is 42.4 Å². The SMILES string of the molecule is COc1ccc(C(=O)COC(=O)[C@@H]2[C@H]3C[C@H]4[C@H](OC(=O)[C@@H]42)[C@@H]3Br)cc1. The molecule has 2 saturated carbocycles. The van der Waals surface area contributed by atoms with Crippen LogP contribution in [0.15, 0.2) is 24.3 Å². The molecule has 1 aliphatic heterocycles. The largest absolute Gasteiger partial charge is 0.497 e. The molecule has 3 fully saturated rings. The van der Waals surface area contributed by atoms with E-state index in [1.807, 2.05) is 0 Å².